The Kier molecular flexibility index (Phi) is 5.40. The lowest BCUT2D eigenvalue weighted by molar-refractivity contribution is -0.121. The Labute approximate surface area is 114 Å². The number of hydrogen-bond donors (Lipinski definition) is 3. The number of nitrogens with one attached hydrogen (secondary N) is 2. The molecule has 4 nitrogen and oxygen atoms in total. The van der Waals surface area contributed by atoms with E-state index in [1.165, 1.54) is 12.1 Å². The molecule has 0 aliphatic rings. The van der Waals surface area contributed by atoms with Crippen molar-refractivity contribution in [3.05, 3.63) is 22.4 Å². The standard InChI is InChI=1S/C12H17BrFN3O/c1-3-4-16-12(18)7(2)17-11-5-8(13)9(14)6-10(11)15/h5-7,17H,3-4,15H2,1-2H3,(H,16,18). The van der Waals surface area contributed by atoms with E-state index in [4.69, 9.17) is 5.73 Å². The van der Waals surface area contributed by atoms with E-state index in [1.54, 1.807) is 6.92 Å². The van der Waals surface area contributed by atoms with Crippen molar-refractivity contribution in [1.82, 2.24) is 5.32 Å². The maximum atomic E-state index is 13.2. The summed E-state index contributed by atoms with van der Waals surface area (Å²) in [6.07, 6.45) is 0.878. The second-order valence-electron chi connectivity index (χ2n) is 4.01. The second kappa shape index (κ2) is 6.58. The minimum Gasteiger partial charge on any atom is -0.397 e. The Bertz CT molecular complexity index is 440. The summed E-state index contributed by atoms with van der Waals surface area (Å²) in [6.45, 7) is 4.34. The van der Waals surface area contributed by atoms with E-state index in [9.17, 15) is 9.18 Å². The number of nitrogen functional groups attached to an aromatic ring is 1. The molecule has 1 atom stereocenters. The van der Waals surface area contributed by atoms with E-state index >= 15 is 0 Å². The van der Waals surface area contributed by atoms with Gasteiger partial charge in [-0.05, 0) is 35.3 Å². The molecule has 1 aromatic rings. The highest BCUT2D eigenvalue weighted by Crippen LogP contribution is 2.27. The molecule has 0 aliphatic heterocycles. The summed E-state index contributed by atoms with van der Waals surface area (Å²) in [7, 11) is 0. The third kappa shape index (κ3) is 3.87. The zero-order valence-electron chi connectivity index (χ0n) is 10.4. The average molecular weight is 318 g/mol. The summed E-state index contributed by atoms with van der Waals surface area (Å²) in [5.74, 6) is -0.544. The molecule has 0 heterocycles. The summed E-state index contributed by atoms with van der Waals surface area (Å²) < 4.78 is 13.5. The predicted molar refractivity (Wildman–Crippen MR) is 74.9 cm³/mol. The first-order valence-corrected chi connectivity index (χ1v) is 6.53. The lowest BCUT2D eigenvalue weighted by Gasteiger charge is -2.17. The Hall–Kier alpha value is -1.30. The highest BCUT2D eigenvalue weighted by molar-refractivity contribution is 9.10. The fourth-order valence-electron chi connectivity index (χ4n) is 1.39. The van der Waals surface area contributed by atoms with Crippen LogP contribution < -0.4 is 16.4 Å². The topological polar surface area (TPSA) is 67.2 Å². The molecule has 1 rings (SSSR count). The molecule has 0 saturated heterocycles. The molecule has 1 amide bonds. The van der Waals surface area contributed by atoms with Crippen LogP contribution >= 0.6 is 15.9 Å². The molecule has 0 aliphatic carbocycles. The van der Waals surface area contributed by atoms with Crippen molar-refractivity contribution >= 4 is 33.2 Å². The Balaban J connectivity index is 2.72. The van der Waals surface area contributed by atoms with Gasteiger partial charge < -0.3 is 16.4 Å². The second-order valence-corrected chi connectivity index (χ2v) is 4.86. The number of anilines is 2. The third-order valence-electron chi connectivity index (χ3n) is 2.41. The predicted octanol–water partition coefficient (Wildman–Crippen LogP) is 2.50. The lowest BCUT2D eigenvalue weighted by Crippen LogP contribution is -2.38. The van der Waals surface area contributed by atoms with Crippen LogP contribution in [0, 0.1) is 5.82 Å². The first-order chi connectivity index (χ1) is 8.45. The molecule has 0 fully saturated rings. The Morgan fingerprint density at radius 3 is 2.83 bits per heavy atom. The van der Waals surface area contributed by atoms with Gasteiger partial charge in [0.15, 0.2) is 0 Å². The van der Waals surface area contributed by atoms with E-state index in [-0.39, 0.29) is 11.6 Å². The lowest BCUT2D eigenvalue weighted by atomic mass is 10.2. The molecular weight excluding hydrogens is 301 g/mol. The van der Waals surface area contributed by atoms with Crippen molar-refractivity contribution in [3.8, 4) is 0 Å². The highest BCUT2D eigenvalue weighted by atomic mass is 79.9. The van der Waals surface area contributed by atoms with Crippen molar-refractivity contribution in [3.63, 3.8) is 0 Å². The van der Waals surface area contributed by atoms with Crippen LogP contribution in [-0.2, 0) is 4.79 Å². The fourth-order valence-corrected chi connectivity index (χ4v) is 1.73. The van der Waals surface area contributed by atoms with Gasteiger partial charge in [-0.15, -0.1) is 0 Å². The number of benzene rings is 1. The summed E-state index contributed by atoms with van der Waals surface area (Å²) in [5.41, 5.74) is 6.48. The van der Waals surface area contributed by atoms with Crippen LogP contribution in [0.5, 0.6) is 0 Å². The summed E-state index contributed by atoms with van der Waals surface area (Å²) >= 11 is 3.08. The molecule has 4 N–H and O–H groups in total. The average Bonchev–Trinajstić information content (AvgIpc) is 2.32. The van der Waals surface area contributed by atoms with E-state index < -0.39 is 11.9 Å². The van der Waals surface area contributed by atoms with Crippen molar-refractivity contribution < 1.29 is 9.18 Å². The molecule has 0 aromatic heterocycles. The van der Waals surface area contributed by atoms with Gasteiger partial charge in [0, 0.05) is 12.6 Å². The molecule has 0 spiro atoms. The molecule has 1 unspecified atom stereocenters. The van der Waals surface area contributed by atoms with Gasteiger partial charge in [-0.1, -0.05) is 6.92 Å². The highest BCUT2D eigenvalue weighted by Gasteiger charge is 2.14. The van der Waals surface area contributed by atoms with Crippen molar-refractivity contribution in [2.75, 3.05) is 17.6 Å². The fraction of sp³-hybridized carbons (Fsp3) is 0.417. The minimum absolute atomic E-state index is 0.114. The van der Waals surface area contributed by atoms with Crippen LogP contribution in [0.2, 0.25) is 0 Å². The van der Waals surface area contributed by atoms with Gasteiger partial charge in [0.25, 0.3) is 0 Å². The molecule has 1 aromatic carbocycles. The number of hydrogen-bond acceptors (Lipinski definition) is 3. The van der Waals surface area contributed by atoms with Crippen LogP contribution in [0.25, 0.3) is 0 Å². The molecule has 0 bridgehead atoms. The van der Waals surface area contributed by atoms with Gasteiger partial charge in [0.1, 0.15) is 11.9 Å². The van der Waals surface area contributed by atoms with Gasteiger partial charge in [0.05, 0.1) is 15.8 Å². The van der Waals surface area contributed by atoms with E-state index in [0.717, 1.165) is 6.42 Å². The molecule has 0 radical (unpaired) electrons. The number of nitrogens with two attached hydrogens (primary N) is 1. The van der Waals surface area contributed by atoms with Crippen molar-refractivity contribution in [2.24, 2.45) is 0 Å². The number of halogens is 2. The number of rotatable bonds is 5. The van der Waals surface area contributed by atoms with Crippen LogP contribution in [-0.4, -0.2) is 18.5 Å². The van der Waals surface area contributed by atoms with Gasteiger partial charge in [-0.3, -0.25) is 4.79 Å². The molecule has 100 valence electrons. The number of amides is 1. The monoisotopic (exact) mass is 317 g/mol. The van der Waals surface area contributed by atoms with Crippen LogP contribution in [0.15, 0.2) is 16.6 Å². The number of carbonyl (C=O) groups excluding carboxylic acids is 1. The quantitative estimate of drug-likeness (QED) is 0.731. The van der Waals surface area contributed by atoms with Gasteiger partial charge in [0.2, 0.25) is 5.91 Å². The minimum atomic E-state index is -0.434. The molecule has 6 heteroatoms. The van der Waals surface area contributed by atoms with Crippen molar-refractivity contribution in [1.29, 1.82) is 0 Å². The largest absolute Gasteiger partial charge is 0.397 e. The zero-order chi connectivity index (χ0) is 13.7. The SMILES string of the molecule is CCCNC(=O)C(C)Nc1cc(Br)c(F)cc1N. The molecule has 0 saturated carbocycles. The van der Waals surface area contributed by atoms with Crippen LogP contribution in [0.1, 0.15) is 20.3 Å². The van der Waals surface area contributed by atoms with E-state index in [1.807, 2.05) is 6.92 Å². The zero-order valence-corrected chi connectivity index (χ0v) is 12.0. The van der Waals surface area contributed by atoms with E-state index in [2.05, 4.69) is 26.6 Å². The van der Waals surface area contributed by atoms with Gasteiger partial charge in [-0.2, -0.15) is 0 Å². The summed E-state index contributed by atoms with van der Waals surface area (Å²) in [4.78, 5) is 11.7. The maximum Gasteiger partial charge on any atom is 0.242 e. The van der Waals surface area contributed by atoms with Crippen molar-refractivity contribution in [2.45, 2.75) is 26.3 Å². The Morgan fingerprint density at radius 2 is 2.22 bits per heavy atom. The van der Waals surface area contributed by atoms with Gasteiger partial charge in [-0.25, -0.2) is 4.39 Å². The van der Waals surface area contributed by atoms with E-state index in [0.29, 0.717) is 16.7 Å². The van der Waals surface area contributed by atoms with Crippen LogP contribution in [0.3, 0.4) is 0 Å². The van der Waals surface area contributed by atoms with Gasteiger partial charge >= 0.3 is 0 Å². The maximum absolute atomic E-state index is 13.2. The summed E-state index contributed by atoms with van der Waals surface area (Å²) in [5, 5.41) is 5.72. The molecular formula is C12H17BrFN3O. The Morgan fingerprint density at radius 1 is 1.56 bits per heavy atom. The third-order valence-corrected chi connectivity index (χ3v) is 3.01. The number of carbonyl (C=O) groups is 1. The normalized spacial score (nSPS) is 12.0. The van der Waals surface area contributed by atoms with Crippen LogP contribution in [0.4, 0.5) is 15.8 Å². The summed E-state index contributed by atoms with van der Waals surface area (Å²) in [6, 6.07) is 2.30. The molecule has 18 heavy (non-hydrogen) atoms. The first-order valence-electron chi connectivity index (χ1n) is 5.74. The smallest absolute Gasteiger partial charge is 0.242 e. The first kappa shape index (κ1) is 14.8.